The third-order valence-corrected chi connectivity index (χ3v) is 4.50. The fraction of sp³-hybridized carbons (Fsp3) is 1.00. The van der Waals surface area contributed by atoms with E-state index in [0.29, 0.717) is 6.42 Å². The van der Waals surface area contributed by atoms with E-state index < -0.39 is 48.8 Å². The van der Waals surface area contributed by atoms with Crippen LogP contribution in [0.1, 0.15) is 65.2 Å². The Morgan fingerprint density at radius 2 is 0.926 bits per heavy atom. The van der Waals surface area contributed by atoms with Crippen molar-refractivity contribution in [2.75, 3.05) is 0 Å². The molecule has 0 rings (SSSR count). The van der Waals surface area contributed by atoms with E-state index >= 15 is 0 Å². The minimum absolute atomic E-state index is 0.00820. The summed E-state index contributed by atoms with van der Waals surface area (Å²) in [6.07, 6.45) is -5.62. The van der Waals surface area contributed by atoms with Gasteiger partial charge in [0, 0.05) is 0 Å². The molecule has 27 heavy (non-hydrogen) atoms. The van der Waals surface area contributed by atoms with E-state index in [1.165, 1.54) is 6.92 Å². The fourth-order valence-corrected chi connectivity index (χ4v) is 3.11. The molecule has 0 aliphatic carbocycles. The summed E-state index contributed by atoms with van der Waals surface area (Å²) >= 11 is 0. The van der Waals surface area contributed by atoms with E-state index in [1.807, 2.05) is 0 Å². The highest BCUT2D eigenvalue weighted by Gasteiger charge is 2.24. The lowest BCUT2D eigenvalue weighted by molar-refractivity contribution is 0.00431. The lowest BCUT2D eigenvalue weighted by Crippen LogP contribution is -2.29. The van der Waals surface area contributed by atoms with Gasteiger partial charge in [-0.15, -0.1) is 0 Å². The molecule has 0 aliphatic heterocycles. The van der Waals surface area contributed by atoms with Crippen LogP contribution < -0.4 is 0 Å². The molecule has 0 saturated carbocycles. The van der Waals surface area contributed by atoms with Gasteiger partial charge in [-0.3, -0.25) is 0 Å². The molecular weight excluding hydrogens is 358 g/mol. The van der Waals surface area contributed by atoms with Crippen molar-refractivity contribution < 1.29 is 35.7 Å². The number of nitroso groups, excluding NO2 is 1. The number of hydrogen-bond acceptors (Lipinski definition) is 9. The predicted molar refractivity (Wildman–Crippen MR) is 99.9 cm³/mol. The Kier molecular flexibility index (Phi) is 14.0. The number of aliphatic hydroxyl groups is 7. The van der Waals surface area contributed by atoms with Gasteiger partial charge in [0.15, 0.2) is 0 Å². The summed E-state index contributed by atoms with van der Waals surface area (Å²) in [5.74, 6) is 0. The molecule has 0 saturated heterocycles. The molecule has 0 aromatic carbocycles. The van der Waals surface area contributed by atoms with E-state index in [4.69, 9.17) is 0 Å². The molecule has 0 radical (unpaired) electrons. The molecule has 9 nitrogen and oxygen atoms in total. The molecule has 9 heteroatoms. The number of rotatable bonds is 16. The third kappa shape index (κ3) is 14.0. The molecule has 0 aromatic rings. The number of nitrogens with zero attached hydrogens (tertiary/aromatic N) is 1. The summed E-state index contributed by atoms with van der Waals surface area (Å²) in [5.41, 5.74) is 0. The lowest BCUT2D eigenvalue weighted by Gasteiger charge is -2.22. The second kappa shape index (κ2) is 14.3. The zero-order valence-electron chi connectivity index (χ0n) is 16.3. The molecule has 0 aromatic heterocycles. The van der Waals surface area contributed by atoms with Crippen molar-refractivity contribution in [2.24, 2.45) is 5.18 Å². The molecule has 0 aliphatic rings. The van der Waals surface area contributed by atoms with E-state index in [2.05, 4.69) is 5.18 Å². The van der Waals surface area contributed by atoms with Crippen LogP contribution in [-0.2, 0) is 0 Å². The van der Waals surface area contributed by atoms with Crippen molar-refractivity contribution in [3.05, 3.63) is 4.91 Å². The van der Waals surface area contributed by atoms with Crippen LogP contribution in [0.25, 0.3) is 0 Å². The Morgan fingerprint density at radius 1 is 0.593 bits per heavy atom. The van der Waals surface area contributed by atoms with Gasteiger partial charge >= 0.3 is 0 Å². The molecule has 0 amide bonds. The van der Waals surface area contributed by atoms with Gasteiger partial charge in [0.05, 0.1) is 48.8 Å². The molecule has 0 heterocycles. The molecule has 8 unspecified atom stereocenters. The summed E-state index contributed by atoms with van der Waals surface area (Å²) in [7, 11) is 0. The number of hydrogen-bond donors (Lipinski definition) is 7. The SMILES string of the molecule is CCC(O)CC(O)CC(O)CC(O)CC(O)CC(CC(O)CC(C)O)N=O. The monoisotopic (exact) mass is 395 g/mol. The quantitative estimate of drug-likeness (QED) is 0.176. The zero-order valence-corrected chi connectivity index (χ0v) is 16.3. The highest BCUT2D eigenvalue weighted by atomic mass is 16.3. The Balaban J connectivity index is 4.23. The van der Waals surface area contributed by atoms with Crippen LogP contribution in [0.4, 0.5) is 0 Å². The predicted octanol–water partition coefficient (Wildman–Crippen LogP) is -0.192. The largest absolute Gasteiger partial charge is 0.393 e. The third-order valence-electron chi connectivity index (χ3n) is 4.50. The van der Waals surface area contributed by atoms with Gasteiger partial charge in [0.25, 0.3) is 0 Å². The van der Waals surface area contributed by atoms with E-state index in [-0.39, 0.29) is 44.9 Å². The highest BCUT2D eigenvalue weighted by Crippen LogP contribution is 2.18. The zero-order chi connectivity index (χ0) is 21.0. The van der Waals surface area contributed by atoms with E-state index in [0.717, 1.165) is 0 Å². The Hall–Kier alpha value is -0.680. The standard InChI is InChI=1S/C18H37NO8/c1-3-13(21)7-16(24)9-18(26)10-17(25)8-15(23)6-12(19-27)5-14(22)4-11(2)20/h11-18,20-26H,3-10H2,1-2H3. The van der Waals surface area contributed by atoms with Crippen LogP contribution in [0.5, 0.6) is 0 Å². The first kappa shape index (κ1) is 26.3. The Morgan fingerprint density at radius 3 is 1.26 bits per heavy atom. The average Bonchev–Trinajstić information content (AvgIpc) is 2.52. The van der Waals surface area contributed by atoms with Crippen LogP contribution in [0.3, 0.4) is 0 Å². The second-order valence-corrected chi connectivity index (χ2v) is 7.59. The first-order valence-electron chi connectivity index (χ1n) is 9.66. The first-order chi connectivity index (χ1) is 12.6. The maximum atomic E-state index is 10.9. The normalized spacial score (nSPS) is 20.9. The Bertz CT molecular complexity index is 384. The van der Waals surface area contributed by atoms with Gasteiger partial charge in [-0.2, -0.15) is 4.91 Å². The minimum atomic E-state index is -1.04. The highest BCUT2D eigenvalue weighted by molar-refractivity contribution is 4.78. The van der Waals surface area contributed by atoms with Crippen molar-refractivity contribution in [1.82, 2.24) is 0 Å². The summed E-state index contributed by atoms with van der Waals surface area (Å²) < 4.78 is 0. The lowest BCUT2D eigenvalue weighted by atomic mass is 9.95. The van der Waals surface area contributed by atoms with Crippen molar-refractivity contribution in [3.8, 4) is 0 Å². The van der Waals surface area contributed by atoms with Crippen LogP contribution in [-0.4, -0.2) is 84.5 Å². The average molecular weight is 395 g/mol. The van der Waals surface area contributed by atoms with Crippen molar-refractivity contribution in [2.45, 2.75) is 114 Å². The molecule has 0 spiro atoms. The van der Waals surface area contributed by atoms with Gasteiger partial charge in [-0.25, -0.2) is 0 Å². The van der Waals surface area contributed by atoms with E-state index in [1.54, 1.807) is 6.92 Å². The van der Waals surface area contributed by atoms with Crippen molar-refractivity contribution in [3.63, 3.8) is 0 Å². The van der Waals surface area contributed by atoms with Gasteiger partial charge < -0.3 is 35.7 Å². The number of aliphatic hydroxyl groups excluding tert-OH is 7. The summed E-state index contributed by atoms with van der Waals surface area (Å²) in [6, 6.07) is -0.844. The maximum absolute atomic E-state index is 10.9. The summed E-state index contributed by atoms with van der Waals surface area (Å²) in [4.78, 5) is 10.9. The van der Waals surface area contributed by atoms with Crippen LogP contribution in [0, 0.1) is 4.91 Å². The van der Waals surface area contributed by atoms with E-state index in [9.17, 15) is 40.7 Å². The molecule has 7 N–H and O–H groups in total. The molecule has 162 valence electrons. The summed E-state index contributed by atoms with van der Waals surface area (Å²) in [6.45, 7) is 3.30. The molecule has 0 bridgehead atoms. The molecular formula is C18H37NO8. The van der Waals surface area contributed by atoms with Crippen LogP contribution in [0.15, 0.2) is 5.18 Å². The van der Waals surface area contributed by atoms with Crippen LogP contribution in [0.2, 0.25) is 0 Å². The fourth-order valence-electron chi connectivity index (χ4n) is 3.11. The topological polar surface area (TPSA) is 171 Å². The maximum Gasteiger partial charge on any atom is 0.0968 e. The van der Waals surface area contributed by atoms with Gasteiger partial charge in [-0.05, 0) is 58.3 Å². The smallest absolute Gasteiger partial charge is 0.0968 e. The van der Waals surface area contributed by atoms with Gasteiger partial charge in [-0.1, -0.05) is 12.1 Å². The van der Waals surface area contributed by atoms with Crippen LogP contribution >= 0.6 is 0 Å². The van der Waals surface area contributed by atoms with Crippen molar-refractivity contribution >= 4 is 0 Å². The van der Waals surface area contributed by atoms with Gasteiger partial charge in [0.1, 0.15) is 0 Å². The second-order valence-electron chi connectivity index (χ2n) is 7.59. The van der Waals surface area contributed by atoms with Gasteiger partial charge in [0.2, 0.25) is 0 Å². The molecule has 0 fully saturated rings. The molecule has 8 atom stereocenters. The first-order valence-corrected chi connectivity index (χ1v) is 9.66. The Labute approximate surface area is 160 Å². The minimum Gasteiger partial charge on any atom is -0.393 e. The summed E-state index contributed by atoms with van der Waals surface area (Å²) in [5, 5.41) is 71.0. The van der Waals surface area contributed by atoms with Crippen molar-refractivity contribution in [1.29, 1.82) is 0 Å².